The van der Waals surface area contributed by atoms with Crippen molar-refractivity contribution in [1.29, 1.82) is 0 Å². The molecule has 0 aliphatic rings. The van der Waals surface area contributed by atoms with Gasteiger partial charge in [-0.15, -0.1) is 6.58 Å². The van der Waals surface area contributed by atoms with Crippen molar-refractivity contribution >= 4 is 0 Å². The standard InChI is InChI=1S/C21H26O/c1-4-21(22,15-17(2)19-11-7-5-8-12-19)16-18(3)20-13-9-6-10-14-20/h4-14,17-18,22H,1,15-16H2,2-3H3. The van der Waals surface area contributed by atoms with Crippen LogP contribution in [0, 0.1) is 0 Å². The summed E-state index contributed by atoms with van der Waals surface area (Å²) in [5, 5.41) is 11.0. The molecule has 116 valence electrons. The van der Waals surface area contributed by atoms with E-state index >= 15 is 0 Å². The average molecular weight is 294 g/mol. The van der Waals surface area contributed by atoms with Crippen molar-refractivity contribution in [3.05, 3.63) is 84.4 Å². The molecule has 0 spiro atoms. The lowest BCUT2D eigenvalue weighted by molar-refractivity contribution is 0.0603. The van der Waals surface area contributed by atoms with Gasteiger partial charge in [0.1, 0.15) is 0 Å². The Morgan fingerprint density at radius 3 is 1.55 bits per heavy atom. The summed E-state index contributed by atoms with van der Waals surface area (Å²) in [4.78, 5) is 0. The van der Waals surface area contributed by atoms with E-state index in [2.05, 4.69) is 44.7 Å². The Bertz CT molecular complexity index is 526. The van der Waals surface area contributed by atoms with Gasteiger partial charge in [0.2, 0.25) is 0 Å². The molecule has 0 aliphatic heterocycles. The van der Waals surface area contributed by atoms with E-state index in [0.29, 0.717) is 24.7 Å². The van der Waals surface area contributed by atoms with Crippen molar-refractivity contribution < 1.29 is 5.11 Å². The highest BCUT2D eigenvalue weighted by atomic mass is 16.3. The third-order valence-electron chi connectivity index (χ3n) is 4.44. The highest BCUT2D eigenvalue weighted by Crippen LogP contribution is 2.34. The van der Waals surface area contributed by atoms with Crippen LogP contribution in [-0.2, 0) is 0 Å². The predicted octanol–water partition coefficient (Wildman–Crippen LogP) is 5.29. The molecule has 0 heterocycles. The Hall–Kier alpha value is -1.86. The van der Waals surface area contributed by atoms with E-state index in [1.54, 1.807) is 6.08 Å². The van der Waals surface area contributed by atoms with Gasteiger partial charge in [0.15, 0.2) is 0 Å². The number of aliphatic hydroxyl groups is 1. The van der Waals surface area contributed by atoms with Crippen LogP contribution in [0.25, 0.3) is 0 Å². The van der Waals surface area contributed by atoms with Gasteiger partial charge in [-0.05, 0) is 35.8 Å². The van der Waals surface area contributed by atoms with Crippen LogP contribution in [0.15, 0.2) is 73.3 Å². The molecule has 1 heteroatoms. The second-order valence-corrected chi connectivity index (χ2v) is 6.34. The van der Waals surface area contributed by atoms with E-state index in [0.717, 1.165) is 0 Å². The molecule has 1 nitrogen and oxygen atoms in total. The summed E-state index contributed by atoms with van der Waals surface area (Å²) in [6, 6.07) is 20.7. The number of hydrogen-bond acceptors (Lipinski definition) is 1. The van der Waals surface area contributed by atoms with E-state index < -0.39 is 5.60 Å². The van der Waals surface area contributed by atoms with Crippen molar-refractivity contribution in [2.45, 2.75) is 44.1 Å². The molecule has 2 rings (SSSR count). The first-order valence-electron chi connectivity index (χ1n) is 8.00. The van der Waals surface area contributed by atoms with Crippen LogP contribution in [0.1, 0.15) is 49.7 Å². The van der Waals surface area contributed by atoms with Crippen LogP contribution in [0.4, 0.5) is 0 Å². The van der Waals surface area contributed by atoms with Crippen LogP contribution < -0.4 is 0 Å². The van der Waals surface area contributed by atoms with E-state index in [1.165, 1.54) is 11.1 Å². The third kappa shape index (κ3) is 4.32. The first-order valence-corrected chi connectivity index (χ1v) is 8.00. The Balaban J connectivity index is 2.07. The molecule has 0 radical (unpaired) electrons. The Morgan fingerprint density at radius 2 is 1.23 bits per heavy atom. The summed E-state index contributed by atoms with van der Waals surface area (Å²) < 4.78 is 0. The molecule has 1 N–H and O–H groups in total. The van der Waals surface area contributed by atoms with Gasteiger partial charge in [-0.25, -0.2) is 0 Å². The second-order valence-electron chi connectivity index (χ2n) is 6.34. The van der Waals surface area contributed by atoms with Gasteiger partial charge in [-0.2, -0.15) is 0 Å². The van der Waals surface area contributed by atoms with Crippen molar-refractivity contribution in [1.82, 2.24) is 0 Å². The lowest BCUT2D eigenvalue weighted by atomic mass is 9.80. The Kier molecular flexibility index (Phi) is 5.57. The van der Waals surface area contributed by atoms with Crippen LogP contribution >= 0.6 is 0 Å². The molecule has 0 aliphatic carbocycles. The topological polar surface area (TPSA) is 20.2 Å². The summed E-state index contributed by atoms with van der Waals surface area (Å²) in [5.41, 5.74) is 1.68. The fraction of sp³-hybridized carbons (Fsp3) is 0.333. The Morgan fingerprint density at radius 1 is 0.864 bits per heavy atom. The van der Waals surface area contributed by atoms with E-state index in [1.807, 2.05) is 36.4 Å². The molecular formula is C21H26O. The lowest BCUT2D eigenvalue weighted by Crippen LogP contribution is -2.29. The van der Waals surface area contributed by atoms with Gasteiger partial charge in [-0.3, -0.25) is 0 Å². The molecule has 0 aromatic heterocycles. The first-order chi connectivity index (χ1) is 10.5. The van der Waals surface area contributed by atoms with Crippen molar-refractivity contribution in [2.75, 3.05) is 0 Å². The van der Waals surface area contributed by atoms with Crippen molar-refractivity contribution in [3.63, 3.8) is 0 Å². The largest absolute Gasteiger partial charge is 0.386 e. The SMILES string of the molecule is C=CC(O)(CC(C)c1ccccc1)CC(C)c1ccccc1. The number of benzene rings is 2. The zero-order chi connectivity index (χ0) is 16.0. The fourth-order valence-electron chi connectivity index (χ4n) is 3.11. The first kappa shape index (κ1) is 16.5. The summed E-state index contributed by atoms with van der Waals surface area (Å²) >= 11 is 0. The summed E-state index contributed by atoms with van der Waals surface area (Å²) in [7, 11) is 0. The van der Waals surface area contributed by atoms with Crippen LogP contribution in [-0.4, -0.2) is 10.7 Å². The van der Waals surface area contributed by atoms with E-state index in [4.69, 9.17) is 0 Å². The predicted molar refractivity (Wildman–Crippen MR) is 94.1 cm³/mol. The van der Waals surface area contributed by atoms with E-state index in [-0.39, 0.29) is 0 Å². The molecule has 0 fully saturated rings. The molecular weight excluding hydrogens is 268 g/mol. The molecule has 2 unspecified atom stereocenters. The minimum absolute atomic E-state index is 0.298. The summed E-state index contributed by atoms with van der Waals surface area (Å²) in [5.74, 6) is 0.597. The van der Waals surface area contributed by atoms with Crippen LogP contribution in [0.3, 0.4) is 0 Å². The quantitative estimate of drug-likeness (QED) is 0.688. The lowest BCUT2D eigenvalue weighted by Gasteiger charge is -2.30. The molecule has 22 heavy (non-hydrogen) atoms. The molecule has 0 saturated carbocycles. The molecule has 2 aromatic carbocycles. The smallest absolute Gasteiger partial charge is 0.0836 e. The van der Waals surface area contributed by atoms with Gasteiger partial charge in [0.25, 0.3) is 0 Å². The summed E-state index contributed by atoms with van der Waals surface area (Å²) in [6.07, 6.45) is 3.10. The second kappa shape index (κ2) is 7.42. The molecule has 2 aromatic rings. The molecule has 0 saturated heterocycles. The third-order valence-corrected chi connectivity index (χ3v) is 4.44. The minimum atomic E-state index is -0.843. The highest BCUT2D eigenvalue weighted by molar-refractivity contribution is 5.22. The van der Waals surface area contributed by atoms with Gasteiger partial charge in [0, 0.05) is 0 Å². The van der Waals surface area contributed by atoms with Gasteiger partial charge < -0.3 is 5.11 Å². The summed E-state index contributed by atoms with van der Waals surface area (Å²) in [6.45, 7) is 8.20. The van der Waals surface area contributed by atoms with Crippen molar-refractivity contribution in [2.24, 2.45) is 0 Å². The Labute approximate surface area is 134 Å². The zero-order valence-electron chi connectivity index (χ0n) is 13.6. The van der Waals surface area contributed by atoms with Gasteiger partial charge in [0.05, 0.1) is 5.60 Å². The van der Waals surface area contributed by atoms with E-state index in [9.17, 15) is 5.11 Å². The molecule has 2 atom stereocenters. The number of hydrogen-bond donors (Lipinski definition) is 1. The van der Waals surface area contributed by atoms with Gasteiger partial charge >= 0.3 is 0 Å². The van der Waals surface area contributed by atoms with Crippen molar-refractivity contribution in [3.8, 4) is 0 Å². The maximum absolute atomic E-state index is 11.0. The zero-order valence-corrected chi connectivity index (χ0v) is 13.6. The number of rotatable bonds is 7. The minimum Gasteiger partial charge on any atom is -0.386 e. The fourth-order valence-corrected chi connectivity index (χ4v) is 3.11. The van der Waals surface area contributed by atoms with Gasteiger partial charge in [-0.1, -0.05) is 80.6 Å². The highest BCUT2D eigenvalue weighted by Gasteiger charge is 2.28. The normalized spacial score (nSPS) is 16.5. The maximum atomic E-state index is 11.0. The average Bonchev–Trinajstić information content (AvgIpc) is 2.56. The van der Waals surface area contributed by atoms with Crippen LogP contribution in [0.5, 0.6) is 0 Å². The molecule has 0 bridgehead atoms. The molecule has 0 amide bonds. The van der Waals surface area contributed by atoms with Crippen LogP contribution in [0.2, 0.25) is 0 Å². The monoisotopic (exact) mass is 294 g/mol. The maximum Gasteiger partial charge on any atom is 0.0836 e.